The van der Waals surface area contributed by atoms with Gasteiger partial charge < -0.3 is 15.2 Å². The standard InChI is InChI=1S/C24H23N3O4/c1-14(2)10-23(28)27-9-7-15-11-16(4-5-20(15)27)31-21-6-8-26-19-13-22(30-3)18(24(25)29)12-17(19)21/h4-9,11-14H,10H2,1-3H3,(H2,25,29). The zero-order valence-corrected chi connectivity index (χ0v) is 17.6. The molecule has 4 aromatic rings. The fourth-order valence-corrected chi connectivity index (χ4v) is 3.57. The van der Waals surface area contributed by atoms with Crippen LogP contribution in [0.25, 0.3) is 21.8 Å². The Morgan fingerprint density at radius 3 is 2.61 bits per heavy atom. The van der Waals surface area contributed by atoms with Gasteiger partial charge >= 0.3 is 0 Å². The molecule has 2 aromatic heterocycles. The number of aromatic nitrogens is 2. The largest absolute Gasteiger partial charge is 0.496 e. The van der Waals surface area contributed by atoms with E-state index >= 15 is 0 Å². The van der Waals surface area contributed by atoms with Crippen LogP contribution in [-0.2, 0) is 0 Å². The summed E-state index contributed by atoms with van der Waals surface area (Å²) < 4.78 is 13.0. The van der Waals surface area contributed by atoms with E-state index in [9.17, 15) is 9.59 Å². The van der Waals surface area contributed by atoms with Crippen molar-refractivity contribution in [2.45, 2.75) is 20.3 Å². The number of pyridine rings is 1. The number of nitrogens with zero attached hydrogens (tertiary/aromatic N) is 2. The maximum atomic E-state index is 12.5. The normalized spacial score (nSPS) is 11.2. The molecular formula is C24H23N3O4. The lowest BCUT2D eigenvalue weighted by Gasteiger charge is -2.12. The Morgan fingerprint density at radius 1 is 1.10 bits per heavy atom. The summed E-state index contributed by atoms with van der Waals surface area (Å²) in [5.74, 6) is 1.25. The van der Waals surface area contributed by atoms with Crippen LogP contribution in [0.1, 0.15) is 35.4 Å². The lowest BCUT2D eigenvalue weighted by molar-refractivity contribution is 0.0891. The highest BCUT2D eigenvalue weighted by atomic mass is 16.5. The number of methoxy groups -OCH3 is 1. The average Bonchev–Trinajstić information content (AvgIpc) is 3.16. The third-order valence-electron chi connectivity index (χ3n) is 5.03. The van der Waals surface area contributed by atoms with Crippen LogP contribution in [0.2, 0.25) is 0 Å². The van der Waals surface area contributed by atoms with E-state index in [1.165, 1.54) is 7.11 Å². The third-order valence-corrected chi connectivity index (χ3v) is 5.03. The summed E-state index contributed by atoms with van der Waals surface area (Å²) in [4.78, 5) is 28.6. The first-order valence-electron chi connectivity index (χ1n) is 9.96. The molecule has 0 unspecified atom stereocenters. The third kappa shape index (κ3) is 3.94. The fourth-order valence-electron chi connectivity index (χ4n) is 3.57. The van der Waals surface area contributed by atoms with E-state index in [0.717, 1.165) is 10.9 Å². The molecule has 7 heteroatoms. The molecule has 4 rings (SSSR count). The molecule has 1 amide bonds. The average molecular weight is 417 g/mol. The molecule has 0 bridgehead atoms. The second-order valence-electron chi connectivity index (χ2n) is 7.74. The molecule has 0 aliphatic carbocycles. The quantitative estimate of drug-likeness (QED) is 0.487. The summed E-state index contributed by atoms with van der Waals surface area (Å²) in [5, 5.41) is 1.54. The van der Waals surface area contributed by atoms with Gasteiger partial charge in [-0.25, -0.2) is 0 Å². The van der Waals surface area contributed by atoms with Gasteiger partial charge in [0.1, 0.15) is 17.2 Å². The number of carbonyl (C=O) groups excluding carboxylic acids is 2. The Morgan fingerprint density at radius 2 is 1.90 bits per heavy atom. The van der Waals surface area contributed by atoms with Crippen LogP contribution in [0, 0.1) is 5.92 Å². The lowest BCUT2D eigenvalue weighted by Crippen LogP contribution is -2.12. The van der Waals surface area contributed by atoms with E-state index in [4.69, 9.17) is 15.2 Å². The first-order valence-corrected chi connectivity index (χ1v) is 9.96. The molecule has 0 saturated carbocycles. The number of primary amides is 1. The van der Waals surface area contributed by atoms with Gasteiger partial charge in [0.15, 0.2) is 0 Å². The zero-order chi connectivity index (χ0) is 22.1. The van der Waals surface area contributed by atoms with Crippen LogP contribution in [0.3, 0.4) is 0 Å². The number of rotatable bonds is 6. The Kier molecular flexibility index (Phi) is 5.33. The van der Waals surface area contributed by atoms with Gasteiger partial charge in [-0.05, 0) is 42.3 Å². The van der Waals surface area contributed by atoms with Crippen LogP contribution in [0.4, 0.5) is 0 Å². The minimum absolute atomic E-state index is 0.0618. The highest BCUT2D eigenvalue weighted by Crippen LogP contribution is 2.34. The van der Waals surface area contributed by atoms with E-state index in [2.05, 4.69) is 4.98 Å². The lowest BCUT2D eigenvalue weighted by atomic mass is 10.1. The highest BCUT2D eigenvalue weighted by molar-refractivity contribution is 6.01. The number of nitrogens with two attached hydrogens (primary N) is 1. The van der Waals surface area contributed by atoms with Crippen molar-refractivity contribution < 1.29 is 19.1 Å². The molecule has 0 spiro atoms. The van der Waals surface area contributed by atoms with E-state index in [-0.39, 0.29) is 17.4 Å². The molecule has 0 atom stereocenters. The van der Waals surface area contributed by atoms with Gasteiger partial charge in [0.25, 0.3) is 5.91 Å². The van der Waals surface area contributed by atoms with Crippen molar-refractivity contribution in [2.75, 3.05) is 7.11 Å². The van der Waals surface area contributed by atoms with Crippen LogP contribution in [-0.4, -0.2) is 28.5 Å². The Bertz CT molecular complexity index is 1310. The van der Waals surface area contributed by atoms with Gasteiger partial charge in [0, 0.05) is 35.7 Å². The zero-order valence-electron chi connectivity index (χ0n) is 17.6. The molecule has 2 heterocycles. The Hall–Kier alpha value is -3.87. The number of hydrogen-bond donors (Lipinski definition) is 1. The van der Waals surface area contributed by atoms with Crippen LogP contribution in [0.15, 0.2) is 54.9 Å². The molecule has 0 aliphatic heterocycles. The summed E-state index contributed by atoms with van der Waals surface area (Å²) in [5.41, 5.74) is 7.19. The summed E-state index contributed by atoms with van der Waals surface area (Å²) >= 11 is 0. The number of ether oxygens (including phenoxy) is 2. The van der Waals surface area contributed by atoms with Crippen LogP contribution >= 0.6 is 0 Å². The molecule has 7 nitrogen and oxygen atoms in total. The van der Waals surface area contributed by atoms with Crippen molar-refractivity contribution in [2.24, 2.45) is 11.7 Å². The summed E-state index contributed by atoms with van der Waals surface area (Å²) in [6.45, 7) is 4.04. The summed E-state index contributed by atoms with van der Waals surface area (Å²) in [6.07, 6.45) is 3.89. The number of hydrogen-bond acceptors (Lipinski definition) is 5. The van der Waals surface area contributed by atoms with Crippen molar-refractivity contribution >= 4 is 33.6 Å². The molecule has 0 fully saturated rings. The van der Waals surface area contributed by atoms with Gasteiger partial charge in [-0.2, -0.15) is 0 Å². The molecule has 2 N–H and O–H groups in total. The molecular weight excluding hydrogens is 394 g/mol. The predicted octanol–water partition coefficient (Wildman–Crippen LogP) is 4.78. The summed E-state index contributed by atoms with van der Waals surface area (Å²) in [7, 11) is 1.47. The van der Waals surface area contributed by atoms with E-state index in [1.807, 2.05) is 38.1 Å². The topological polar surface area (TPSA) is 96.4 Å². The van der Waals surface area contributed by atoms with Crippen LogP contribution < -0.4 is 15.2 Å². The molecule has 0 radical (unpaired) electrons. The second kappa shape index (κ2) is 8.10. The highest BCUT2D eigenvalue weighted by Gasteiger charge is 2.15. The Labute approximate surface area is 179 Å². The second-order valence-corrected chi connectivity index (χ2v) is 7.74. The number of amides is 1. The maximum Gasteiger partial charge on any atom is 0.252 e. The SMILES string of the molecule is COc1cc2nccc(Oc3ccc4c(ccn4C(=O)CC(C)C)c3)c2cc1C(N)=O. The maximum absolute atomic E-state index is 12.5. The van der Waals surface area contributed by atoms with Crippen molar-refractivity contribution in [3.8, 4) is 17.2 Å². The monoisotopic (exact) mass is 417 g/mol. The van der Waals surface area contributed by atoms with Crippen molar-refractivity contribution in [1.29, 1.82) is 0 Å². The van der Waals surface area contributed by atoms with Gasteiger partial charge in [-0.3, -0.25) is 19.1 Å². The number of fused-ring (bicyclic) bond motifs is 2. The Balaban J connectivity index is 1.71. The van der Waals surface area contributed by atoms with E-state index in [1.54, 1.807) is 35.2 Å². The predicted molar refractivity (Wildman–Crippen MR) is 119 cm³/mol. The first kappa shape index (κ1) is 20.4. The molecule has 0 saturated heterocycles. The number of benzene rings is 2. The van der Waals surface area contributed by atoms with Crippen molar-refractivity contribution in [3.63, 3.8) is 0 Å². The van der Waals surface area contributed by atoms with E-state index in [0.29, 0.717) is 34.6 Å². The van der Waals surface area contributed by atoms with Gasteiger partial charge in [-0.1, -0.05) is 13.8 Å². The van der Waals surface area contributed by atoms with Gasteiger partial charge in [-0.15, -0.1) is 0 Å². The van der Waals surface area contributed by atoms with Gasteiger partial charge in [0.05, 0.1) is 23.7 Å². The molecule has 0 aliphatic rings. The first-order chi connectivity index (χ1) is 14.9. The molecule has 2 aromatic carbocycles. The van der Waals surface area contributed by atoms with Crippen molar-refractivity contribution in [1.82, 2.24) is 9.55 Å². The minimum Gasteiger partial charge on any atom is -0.496 e. The van der Waals surface area contributed by atoms with Gasteiger partial charge in [0.2, 0.25) is 5.91 Å². The minimum atomic E-state index is -0.595. The molecule has 158 valence electrons. The smallest absolute Gasteiger partial charge is 0.252 e. The fraction of sp³-hybridized carbons (Fsp3) is 0.208. The van der Waals surface area contributed by atoms with Crippen LogP contribution in [0.5, 0.6) is 17.2 Å². The summed E-state index contributed by atoms with van der Waals surface area (Å²) in [6, 6.07) is 12.4. The molecule has 31 heavy (non-hydrogen) atoms. The number of carbonyl (C=O) groups is 2. The van der Waals surface area contributed by atoms with E-state index < -0.39 is 5.91 Å². The van der Waals surface area contributed by atoms with Crippen molar-refractivity contribution in [3.05, 3.63) is 60.4 Å².